The van der Waals surface area contributed by atoms with Gasteiger partial charge in [-0.3, -0.25) is 9.59 Å². The van der Waals surface area contributed by atoms with Crippen molar-refractivity contribution in [2.24, 2.45) is 11.8 Å². The molecule has 4 atom stereocenters. The first-order valence-electron chi connectivity index (χ1n) is 11.1. The van der Waals surface area contributed by atoms with Gasteiger partial charge in [-0.05, 0) is 41.7 Å². The Kier molecular flexibility index (Phi) is 6.66. The highest BCUT2D eigenvalue weighted by Gasteiger charge is 2.54. The van der Waals surface area contributed by atoms with E-state index in [-0.39, 0.29) is 42.1 Å². The molecule has 32 heavy (non-hydrogen) atoms. The smallest absolute Gasteiger partial charge is 0.231 e. The quantitative estimate of drug-likeness (QED) is 0.552. The van der Waals surface area contributed by atoms with Gasteiger partial charge in [0.15, 0.2) is 5.78 Å². The Morgan fingerprint density at radius 3 is 2.16 bits per heavy atom. The highest BCUT2D eigenvalue weighted by molar-refractivity contribution is 6.06. The molecule has 1 fully saturated rings. The van der Waals surface area contributed by atoms with Crippen molar-refractivity contribution >= 4 is 17.4 Å². The lowest BCUT2D eigenvalue weighted by Gasteiger charge is -2.27. The van der Waals surface area contributed by atoms with Crippen molar-refractivity contribution in [3.63, 3.8) is 0 Å². The van der Waals surface area contributed by atoms with E-state index in [0.29, 0.717) is 17.7 Å². The third kappa shape index (κ3) is 4.89. The first-order valence-corrected chi connectivity index (χ1v) is 11.1. The van der Waals surface area contributed by atoms with Gasteiger partial charge < -0.3 is 10.1 Å². The number of anilines is 1. The molecular formula is C27H28FNO3. The molecule has 4 unspecified atom stereocenters. The minimum atomic E-state index is -0.713. The van der Waals surface area contributed by atoms with Gasteiger partial charge >= 0.3 is 0 Å². The van der Waals surface area contributed by atoms with Crippen LogP contribution < -0.4 is 5.32 Å². The van der Waals surface area contributed by atoms with Crippen molar-refractivity contribution in [3.8, 4) is 0 Å². The van der Waals surface area contributed by atoms with Crippen LogP contribution in [0.25, 0.3) is 0 Å². The Labute approximate surface area is 188 Å². The molecule has 4 rings (SSSR count). The van der Waals surface area contributed by atoms with E-state index in [0.717, 1.165) is 5.56 Å². The Bertz CT molecular complexity index is 1030. The summed E-state index contributed by atoms with van der Waals surface area (Å²) >= 11 is 0. The number of carbonyl (C=O) groups excluding carboxylic acids is 2. The van der Waals surface area contributed by atoms with Crippen molar-refractivity contribution in [1.82, 2.24) is 0 Å². The zero-order valence-corrected chi connectivity index (χ0v) is 18.3. The predicted octanol–water partition coefficient (Wildman–Crippen LogP) is 5.59. The topological polar surface area (TPSA) is 58.7 Å². The maximum atomic E-state index is 13.8. The molecule has 2 aromatic rings. The number of carbonyl (C=O) groups is 2. The number of hydrogen-bond acceptors (Lipinski definition) is 3. The SMILES string of the molecule is CC(C)C1OC1C(C(=O)Nc1ccccc1)C(C(=O)C1=CC=C(F)CC1)c1ccccc1. The molecule has 0 aromatic heterocycles. The van der Waals surface area contributed by atoms with Gasteiger partial charge in [0.25, 0.3) is 0 Å². The van der Waals surface area contributed by atoms with Crippen LogP contribution in [0.4, 0.5) is 10.1 Å². The summed E-state index contributed by atoms with van der Waals surface area (Å²) in [5.41, 5.74) is 1.98. The number of rotatable bonds is 8. The number of nitrogens with one attached hydrogen (secondary N) is 1. The summed E-state index contributed by atoms with van der Waals surface area (Å²) < 4.78 is 19.5. The van der Waals surface area contributed by atoms with Gasteiger partial charge in [-0.2, -0.15) is 0 Å². The van der Waals surface area contributed by atoms with Crippen LogP contribution in [0, 0.1) is 11.8 Å². The number of benzene rings is 2. The molecule has 4 nitrogen and oxygen atoms in total. The molecular weight excluding hydrogens is 405 g/mol. The summed E-state index contributed by atoms with van der Waals surface area (Å²) in [6, 6.07) is 18.6. The summed E-state index contributed by atoms with van der Waals surface area (Å²) in [6.07, 6.45) is 2.99. The molecule has 0 radical (unpaired) electrons. The fourth-order valence-corrected chi connectivity index (χ4v) is 4.40. The van der Waals surface area contributed by atoms with Gasteiger partial charge in [-0.1, -0.05) is 68.5 Å². The van der Waals surface area contributed by atoms with Crippen LogP contribution in [0.15, 0.2) is 84.2 Å². The third-order valence-electron chi connectivity index (χ3n) is 6.13. The maximum Gasteiger partial charge on any atom is 0.231 e. The summed E-state index contributed by atoms with van der Waals surface area (Å²) in [5, 5.41) is 2.98. The van der Waals surface area contributed by atoms with Crippen molar-refractivity contribution in [2.45, 2.75) is 44.8 Å². The van der Waals surface area contributed by atoms with Crippen molar-refractivity contribution in [2.75, 3.05) is 5.32 Å². The molecule has 0 spiro atoms. The van der Waals surface area contributed by atoms with Crippen LogP contribution >= 0.6 is 0 Å². The molecule has 2 aromatic carbocycles. The van der Waals surface area contributed by atoms with E-state index in [1.807, 2.05) is 74.5 Å². The van der Waals surface area contributed by atoms with Gasteiger partial charge in [0.2, 0.25) is 5.91 Å². The standard InChI is InChI=1S/C27H28FNO3/c1-17(2)25-26(32-25)23(27(31)29-21-11-7-4-8-12-21)22(18-9-5-3-6-10-18)24(30)19-13-15-20(28)16-14-19/h3-13,15,17,22-23,25-26H,14,16H2,1-2H3,(H,29,31). The Balaban J connectivity index is 1.73. The second kappa shape index (κ2) is 9.61. The van der Waals surface area contributed by atoms with Gasteiger partial charge in [0.1, 0.15) is 5.83 Å². The van der Waals surface area contributed by atoms with Crippen LogP contribution in [-0.2, 0) is 14.3 Å². The molecule has 0 saturated carbocycles. The molecule has 1 N–H and O–H groups in total. The second-order valence-electron chi connectivity index (χ2n) is 8.75. The summed E-state index contributed by atoms with van der Waals surface area (Å²) in [5.74, 6) is -1.81. The Hall–Kier alpha value is -3.05. The third-order valence-corrected chi connectivity index (χ3v) is 6.13. The number of epoxide rings is 1. The van der Waals surface area contributed by atoms with Crippen molar-refractivity contribution in [3.05, 3.63) is 89.8 Å². The zero-order chi connectivity index (χ0) is 22.7. The van der Waals surface area contributed by atoms with Crippen LogP contribution in [-0.4, -0.2) is 23.9 Å². The highest BCUT2D eigenvalue weighted by Crippen LogP contribution is 2.44. The van der Waals surface area contributed by atoms with Crippen molar-refractivity contribution < 1.29 is 18.7 Å². The lowest BCUT2D eigenvalue weighted by Crippen LogP contribution is -2.38. The second-order valence-corrected chi connectivity index (χ2v) is 8.75. The molecule has 1 aliphatic carbocycles. The summed E-state index contributed by atoms with van der Waals surface area (Å²) in [4.78, 5) is 27.3. The van der Waals surface area contributed by atoms with Gasteiger partial charge in [0.05, 0.1) is 24.0 Å². The number of ketones is 1. The zero-order valence-electron chi connectivity index (χ0n) is 18.3. The van der Waals surface area contributed by atoms with Crippen LogP contribution in [0.5, 0.6) is 0 Å². The van der Waals surface area contributed by atoms with Crippen molar-refractivity contribution in [1.29, 1.82) is 0 Å². The molecule has 166 valence electrons. The lowest BCUT2D eigenvalue weighted by molar-refractivity contribution is -0.127. The lowest BCUT2D eigenvalue weighted by atomic mass is 9.75. The van der Waals surface area contributed by atoms with E-state index in [9.17, 15) is 14.0 Å². The van der Waals surface area contributed by atoms with E-state index in [1.165, 1.54) is 6.08 Å². The number of Topliss-reactive ketones (excluding diaryl/α,β-unsaturated/α-hetero) is 1. The molecule has 0 bridgehead atoms. The number of allylic oxidation sites excluding steroid dienone is 4. The summed E-state index contributed by atoms with van der Waals surface area (Å²) in [7, 11) is 0. The number of ether oxygens (including phenoxy) is 1. The largest absolute Gasteiger partial charge is 0.368 e. The number of hydrogen-bond donors (Lipinski definition) is 1. The van der Waals surface area contributed by atoms with Gasteiger partial charge in [-0.15, -0.1) is 0 Å². The molecule has 1 saturated heterocycles. The van der Waals surface area contributed by atoms with E-state index >= 15 is 0 Å². The number of amides is 1. The number of para-hydroxylation sites is 1. The molecule has 5 heteroatoms. The maximum absolute atomic E-state index is 13.8. The van der Waals surface area contributed by atoms with Gasteiger partial charge in [-0.25, -0.2) is 4.39 Å². The average molecular weight is 434 g/mol. The van der Waals surface area contributed by atoms with Crippen LogP contribution in [0.2, 0.25) is 0 Å². The Morgan fingerprint density at radius 1 is 0.938 bits per heavy atom. The van der Waals surface area contributed by atoms with E-state index < -0.39 is 11.8 Å². The first-order chi connectivity index (χ1) is 15.5. The molecule has 1 aliphatic heterocycles. The minimum Gasteiger partial charge on any atom is -0.368 e. The monoisotopic (exact) mass is 433 g/mol. The minimum absolute atomic E-state index is 0.0850. The van der Waals surface area contributed by atoms with Crippen LogP contribution in [0.1, 0.15) is 38.2 Å². The highest BCUT2D eigenvalue weighted by atomic mass is 19.1. The van der Waals surface area contributed by atoms with Crippen LogP contribution in [0.3, 0.4) is 0 Å². The van der Waals surface area contributed by atoms with E-state index in [4.69, 9.17) is 4.74 Å². The Morgan fingerprint density at radius 2 is 1.59 bits per heavy atom. The normalized spacial score (nSPS) is 21.9. The average Bonchev–Trinajstić information content (AvgIpc) is 3.59. The fraction of sp³-hybridized carbons (Fsp3) is 0.333. The molecule has 1 amide bonds. The van der Waals surface area contributed by atoms with E-state index in [2.05, 4.69) is 5.32 Å². The predicted molar refractivity (Wildman–Crippen MR) is 123 cm³/mol. The van der Waals surface area contributed by atoms with Gasteiger partial charge in [0, 0.05) is 12.1 Å². The fourth-order valence-electron chi connectivity index (χ4n) is 4.40. The molecule has 2 aliphatic rings. The summed E-state index contributed by atoms with van der Waals surface area (Å²) in [6.45, 7) is 4.10. The molecule has 1 heterocycles. The first kappa shape index (κ1) is 22.2. The van der Waals surface area contributed by atoms with E-state index in [1.54, 1.807) is 6.08 Å². The number of halogens is 1.